The third-order valence-corrected chi connectivity index (χ3v) is 1.45. The van der Waals surface area contributed by atoms with Crippen molar-refractivity contribution in [3.05, 3.63) is 0 Å². The Morgan fingerprint density at radius 1 is 1.82 bits per heavy atom. The molecule has 0 heterocycles. The standard InChI is InChI=1S/C6H11NO3S/c1-4(8)7(2)5(3-11)6(9)10/h5,11H,3H2,1-2H3,(H,9,10)/t5-/m0/s1/i2D3. The Balaban J connectivity index is 4.99. The average Bonchev–Trinajstić information content (AvgIpc) is 1.95. The molecule has 1 atom stereocenters. The van der Waals surface area contributed by atoms with Gasteiger partial charge in [0.2, 0.25) is 5.91 Å². The van der Waals surface area contributed by atoms with Crippen molar-refractivity contribution in [2.24, 2.45) is 0 Å². The summed E-state index contributed by atoms with van der Waals surface area (Å²) in [4.78, 5) is 21.9. The first kappa shape index (κ1) is 5.88. The van der Waals surface area contributed by atoms with Crippen LogP contribution in [-0.2, 0) is 9.59 Å². The third kappa shape index (κ3) is 2.80. The van der Waals surface area contributed by atoms with Crippen LogP contribution in [0.15, 0.2) is 0 Å². The Kier molecular flexibility index (Phi) is 2.26. The van der Waals surface area contributed by atoms with Crippen LogP contribution in [0.1, 0.15) is 11.0 Å². The third-order valence-electron chi connectivity index (χ3n) is 1.11. The molecule has 1 amide bonds. The number of carboxylic acids is 1. The maximum Gasteiger partial charge on any atom is 0.327 e. The van der Waals surface area contributed by atoms with Gasteiger partial charge in [-0.25, -0.2) is 4.79 Å². The number of carbonyl (C=O) groups is 2. The lowest BCUT2D eigenvalue weighted by Gasteiger charge is -2.21. The number of carbonyl (C=O) groups excluding carboxylic acids is 1. The fourth-order valence-electron chi connectivity index (χ4n) is 0.490. The summed E-state index contributed by atoms with van der Waals surface area (Å²) in [7, 11) is 0. The molecule has 11 heavy (non-hydrogen) atoms. The predicted octanol–water partition coefficient (Wildman–Crippen LogP) is -0.152. The van der Waals surface area contributed by atoms with E-state index in [0.717, 1.165) is 6.92 Å². The Bertz CT molecular complexity index is 243. The van der Waals surface area contributed by atoms with Gasteiger partial charge in [-0.05, 0) is 0 Å². The van der Waals surface area contributed by atoms with E-state index in [1.165, 1.54) is 0 Å². The van der Waals surface area contributed by atoms with E-state index in [2.05, 4.69) is 12.6 Å². The van der Waals surface area contributed by atoms with Crippen molar-refractivity contribution in [2.45, 2.75) is 13.0 Å². The van der Waals surface area contributed by atoms with Crippen molar-refractivity contribution < 1.29 is 18.8 Å². The summed E-state index contributed by atoms with van der Waals surface area (Å²) < 4.78 is 21.0. The van der Waals surface area contributed by atoms with Gasteiger partial charge in [-0.15, -0.1) is 0 Å². The number of nitrogens with zero attached hydrogens (tertiary/aromatic N) is 1. The first-order chi connectivity index (χ1) is 6.21. The van der Waals surface area contributed by atoms with Crippen LogP contribution < -0.4 is 0 Å². The highest BCUT2D eigenvalue weighted by molar-refractivity contribution is 7.80. The van der Waals surface area contributed by atoms with Gasteiger partial charge in [-0.3, -0.25) is 4.79 Å². The van der Waals surface area contributed by atoms with E-state index in [1.807, 2.05) is 0 Å². The minimum absolute atomic E-state index is 0.243. The van der Waals surface area contributed by atoms with E-state index in [-0.39, 0.29) is 5.75 Å². The van der Waals surface area contributed by atoms with Gasteiger partial charge in [0.05, 0.1) is 0 Å². The smallest absolute Gasteiger partial charge is 0.327 e. The fraction of sp³-hybridized carbons (Fsp3) is 0.667. The largest absolute Gasteiger partial charge is 0.480 e. The highest BCUT2D eigenvalue weighted by Gasteiger charge is 2.22. The first-order valence-electron chi connectivity index (χ1n) is 4.35. The summed E-state index contributed by atoms with van der Waals surface area (Å²) in [6, 6.07) is -1.43. The summed E-state index contributed by atoms with van der Waals surface area (Å²) in [6.07, 6.45) is 0. The number of likely N-dealkylation sites (N-methyl/N-ethyl adjacent to an activating group) is 1. The second kappa shape index (κ2) is 4.23. The molecule has 0 aliphatic rings. The van der Waals surface area contributed by atoms with Crippen LogP contribution in [0.25, 0.3) is 0 Å². The lowest BCUT2D eigenvalue weighted by atomic mass is 10.3. The molecule has 0 rings (SSSR count). The molecule has 0 spiro atoms. The van der Waals surface area contributed by atoms with Crippen molar-refractivity contribution in [3.8, 4) is 0 Å². The van der Waals surface area contributed by atoms with Gasteiger partial charge in [0.1, 0.15) is 6.04 Å². The summed E-state index contributed by atoms with van der Waals surface area (Å²) >= 11 is 3.70. The fourth-order valence-corrected chi connectivity index (χ4v) is 0.809. The SMILES string of the molecule is [2H]C([2H])([2H])N(C(C)=O)[C@@H](CS)C(=O)O. The van der Waals surface area contributed by atoms with Gasteiger partial charge in [-0.1, -0.05) is 0 Å². The molecule has 0 fully saturated rings. The quantitative estimate of drug-likeness (QED) is 0.594. The van der Waals surface area contributed by atoms with Crippen LogP contribution in [0.2, 0.25) is 0 Å². The molecule has 0 aromatic heterocycles. The van der Waals surface area contributed by atoms with Gasteiger partial charge >= 0.3 is 5.97 Å². The zero-order chi connectivity index (χ0) is 11.5. The maximum atomic E-state index is 11.0. The molecule has 4 nitrogen and oxygen atoms in total. The lowest BCUT2D eigenvalue weighted by molar-refractivity contribution is -0.147. The van der Waals surface area contributed by atoms with E-state index >= 15 is 0 Å². The summed E-state index contributed by atoms with van der Waals surface area (Å²) in [5.74, 6) is -2.44. The zero-order valence-electron chi connectivity index (χ0n) is 8.94. The maximum absolute atomic E-state index is 11.0. The Morgan fingerprint density at radius 2 is 2.36 bits per heavy atom. The minimum Gasteiger partial charge on any atom is -0.480 e. The molecule has 5 heteroatoms. The van der Waals surface area contributed by atoms with Crippen molar-refractivity contribution in [1.29, 1.82) is 0 Å². The summed E-state index contributed by atoms with van der Waals surface area (Å²) in [5, 5.41) is 8.66. The van der Waals surface area contributed by atoms with E-state index in [9.17, 15) is 9.59 Å². The highest BCUT2D eigenvalue weighted by atomic mass is 32.1. The lowest BCUT2D eigenvalue weighted by Crippen LogP contribution is -2.42. The van der Waals surface area contributed by atoms with E-state index in [1.54, 1.807) is 0 Å². The molecule has 0 unspecified atom stereocenters. The Labute approximate surface area is 74.8 Å². The molecule has 0 radical (unpaired) electrons. The molecule has 0 saturated heterocycles. The second-order valence-electron chi connectivity index (χ2n) is 1.93. The van der Waals surface area contributed by atoms with Crippen LogP contribution in [-0.4, -0.2) is 40.7 Å². The number of rotatable bonds is 3. The van der Waals surface area contributed by atoms with Gasteiger partial charge in [-0.2, -0.15) is 12.6 Å². The van der Waals surface area contributed by atoms with Gasteiger partial charge in [0, 0.05) is 23.8 Å². The molecule has 0 aliphatic carbocycles. The Morgan fingerprint density at radius 3 is 2.45 bits per heavy atom. The summed E-state index contributed by atoms with van der Waals surface area (Å²) in [5.41, 5.74) is 0. The molecule has 0 aromatic carbocycles. The molecule has 0 bridgehead atoms. The van der Waals surface area contributed by atoms with Gasteiger partial charge < -0.3 is 10.0 Å². The number of thiol groups is 1. The Hall–Kier alpha value is -0.710. The molecule has 0 aliphatic heterocycles. The predicted molar refractivity (Wildman–Crippen MR) is 43.7 cm³/mol. The van der Waals surface area contributed by atoms with Crippen LogP contribution in [0.4, 0.5) is 0 Å². The van der Waals surface area contributed by atoms with Crippen molar-refractivity contribution in [3.63, 3.8) is 0 Å². The van der Waals surface area contributed by atoms with E-state index in [0.29, 0.717) is 4.90 Å². The first-order valence-corrected chi connectivity index (χ1v) is 3.48. The van der Waals surface area contributed by atoms with Crippen LogP contribution in [0.5, 0.6) is 0 Å². The molecule has 0 saturated carbocycles. The summed E-state index contributed by atoms with van der Waals surface area (Å²) in [6.45, 7) is -1.75. The highest BCUT2D eigenvalue weighted by Crippen LogP contribution is 1.99. The van der Waals surface area contributed by atoms with Crippen LogP contribution in [0.3, 0.4) is 0 Å². The van der Waals surface area contributed by atoms with Crippen molar-refractivity contribution in [2.75, 3.05) is 12.7 Å². The van der Waals surface area contributed by atoms with Gasteiger partial charge in [0.15, 0.2) is 0 Å². The monoisotopic (exact) mass is 180 g/mol. The minimum atomic E-state index is -2.75. The van der Waals surface area contributed by atoms with E-state index < -0.39 is 24.9 Å². The second-order valence-corrected chi connectivity index (χ2v) is 2.29. The average molecular weight is 180 g/mol. The molecule has 0 aromatic rings. The number of amides is 1. The zero-order valence-corrected chi connectivity index (χ0v) is 6.84. The van der Waals surface area contributed by atoms with Crippen molar-refractivity contribution >= 4 is 24.5 Å². The number of hydrogen-bond donors (Lipinski definition) is 2. The number of aliphatic carboxylic acids is 1. The van der Waals surface area contributed by atoms with Crippen LogP contribution in [0, 0.1) is 0 Å². The van der Waals surface area contributed by atoms with Crippen LogP contribution >= 0.6 is 12.6 Å². The van der Waals surface area contributed by atoms with Crippen molar-refractivity contribution in [1.82, 2.24) is 4.90 Å². The molecule has 64 valence electrons. The molecular formula is C6H11NO3S. The van der Waals surface area contributed by atoms with Gasteiger partial charge in [0.25, 0.3) is 0 Å². The number of carboxylic acid groups (broad SMARTS) is 1. The molecular weight excluding hydrogens is 166 g/mol. The topological polar surface area (TPSA) is 57.6 Å². The van der Waals surface area contributed by atoms with E-state index in [4.69, 9.17) is 9.22 Å². The number of hydrogen-bond acceptors (Lipinski definition) is 3. The molecule has 1 N–H and O–H groups in total. The normalized spacial score (nSPS) is 17.5.